The largest absolute Gasteiger partial charge is 0.464 e. The summed E-state index contributed by atoms with van der Waals surface area (Å²) >= 11 is 0. The van der Waals surface area contributed by atoms with Crippen molar-refractivity contribution in [1.82, 2.24) is 4.98 Å². The van der Waals surface area contributed by atoms with E-state index in [1.165, 1.54) is 0 Å². The van der Waals surface area contributed by atoms with Crippen molar-refractivity contribution in [2.45, 2.75) is 0 Å². The molecule has 0 saturated carbocycles. The van der Waals surface area contributed by atoms with E-state index in [0.717, 1.165) is 5.56 Å². The molecule has 2 aromatic rings. The molecule has 0 radical (unpaired) electrons. The Hall–Kier alpha value is -2.27. The Balaban J connectivity index is 1.87. The van der Waals surface area contributed by atoms with Crippen molar-refractivity contribution in [2.24, 2.45) is 0 Å². The summed E-state index contributed by atoms with van der Waals surface area (Å²) in [5.74, 6) is 6.55. The van der Waals surface area contributed by atoms with Crippen LogP contribution in [-0.2, 0) is 0 Å². The van der Waals surface area contributed by atoms with E-state index in [2.05, 4.69) is 16.8 Å². The number of pyridine rings is 1. The zero-order valence-electron chi connectivity index (χ0n) is 8.76. The van der Waals surface area contributed by atoms with Gasteiger partial charge >= 0.3 is 0 Å². The fourth-order valence-electron chi connectivity index (χ4n) is 1.20. The molecule has 0 aliphatic rings. The molecule has 0 bridgehead atoms. The number of benzene rings is 1. The molecular weight excluding hydrogens is 198 g/mol. The highest BCUT2D eigenvalue weighted by Crippen LogP contribution is 2.02. The second kappa shape index (κ2) is 5.57. The van der Waals surface area contributed by atoms with Crippen LogP contribution in [0.3, 0.4) is 0 Å². The second-order valence-corrected chi connectivity index (χ2v) is 3.12. The molecule has 2 heteroatoms. The minimum atomic E-state index is 0.353. The third-order valence-electron chi connectivity index (χ3n) is 1.94. The van der Waals surface area contributed by atoms with E-state index in [0.29, 0.717) is 12.5 Å². The molecule has 2 nitrogen and oxygen atoms in total. The SMILES string of the molecule is C(#Cc1ccccc1)COc1ccccn1. The van der Waals surface area contributed by atoms with Crippen LogP contribution >= 0.6 is 0 Å². The number of rotatable bonds is 2. The summed E-state index contributed by atoms with van der Waals surface area (Å²) in [5, 5.41) is 0. The van der Waals surface area contributed by atoms with Gasteiger partial charge < -0.3 is 4.74 Å². The quantitative estimate of drug-likeness (QED) is 0.709. The molecule has 1 heterocycles. The number of nitrogens with zero attached hydrogens (tertiary/aromatic N) is 1. The molecule has 78 valence electrons. The first-order chi connectivity index (χ1) is 7.95. The minimum Gasteiger partial charge on any atom is -0.464 e. The van der Waals surface area contributed by atoms with E-state index in [-0.39, 0.29) is 0 Å². The van der Waals surface area contributed by atoms with Gasteiger partial charge in [-0.1, -0.05) is 36.1 Å². The summed E-state index contributed by atoms with van der Waals surface area (Å²) in [6.07, 6.45) is 1.69. The number of hydrogen-bond donors (Lipinski definition) is 0. The minimum absolute atomic E-state index is 0.353. The molecule has 0 fully saturated rings. The second-order valence-electron chi connectivity index (χ2n) is 3.12. The van der Waals surface area contributed by atoms with Gasteiger partial charge in [-0.15, -0.1) is 0 Å². The lowest BCUT2D eigenvalue weighted by Gasteiger charge is -1.97. The first-order valence-corrected chi connectivity index (χ1v) is 5.03. The van der Waals surface area contributed by atoms with E-state index in [9.17, 15) is 0 Å². The van der Waals surface area contributed by atoms with Crippen LogP contribution in [0.25, 0.3) is 0 Å². The van der Waals surface area contributed by atoms with Crippen molar-refractivity contribution in [1.29, 1.82) is 0 Å². The van der Waals surface area contributed by atoms with Crippen LogP contribution in [0.15, 0.2) is 54.7 Å². The van der Waals surface area contributed by atoms with Gasteiger partial charge in [0.1, 0.15) is 0 Å². The maximum absolute atomic E-state index is 5.34. The Kier molecular flexibility index (Phi) is 3.57. The highest BCUT2D eigenvalue weighted by molar-refractivity contribution is 5.33. The smallest absolute Gasteiger partial charge is 0.214 e. The Morgan fingerprint density at radius 3 is 2.56 bits per heavy atom. The van der Waals surface area contributed by atoms with Crippen molar-refractivity contribution < 1.29 is 4.74 Å². The number of hydrogen-bond acceptors (Lipinski definition) is 2. The normalized spacial score (nSPS) is 9.00. The first-order valence-electron chi connectivity index (χ1n) is 5.03. The van der Waals surface area contributed by atoms with E-state index in [1.807, 2.05) is 48.5 Å². The van der Waals surface area contributed by atoms with Gasteiger partial charge in [-0.25, -0.2) is 4.98 Å². The lowest BCUT2D eigenvalue weighted by atomic mass is 10.2. The van der Waals surface area contributed by atoms with Crippen molar-refractivity contribution in [3.05, 3.63) is 60.3 Å². The Morgan fingerprint density at radius 1 is 1.00 bits per heavy atom. The van der Waals surface area contributed by atoms with Crippen molar-refractivity contribution in [2.75, 3.05) is 6.61 Å². The molecule has 0 spiro atoms. The highest BCUT2D eigenvalue weighted by Gasteiger charge is 1.88. The van der Waals surface area contributed by atoms with Crippen LogP contribution in [0.5, 0.6) is 5.88 Å². The molecule has 0 unspecified atom stereocenters. The van der Waals surface area contributed by atoms with E-state index < -0.39 is 0 Å². The topological polar surface area (TPSA) is 22.1 Å². The Labute approximate surface area is 94.9 Å². The summed E-state index contributed by atoms with van der Waals surface area (Å²) in [6, 6.07) is 15.4. The zero-order valence-corrected chi connectivity index (χ0v) is 8.76. The molecule has 16 heavy (non-hydrogen) atoms. The predicted molar refractivity (Wildman–Crippen MR) is 63.1 cm³/mol. The summed E-state index contributed by atoms with van der Waals surface area (Å²) in [6.45, 7) is 0.353. The van der Waals surface area contributed by atoms with Crippen molar-refractivity contribution >= 4 is 0 Å². The van der Waals surface area contributed by atoms with Gasteiger partial charge in [-0.2, -0.15) is 0 Å². The van der Waals surface area contributed by atoms with E-state index >= 15 is 0 Å². The van der Waals surface area contributed by atoms with Crippen molar-refractivity contribution in [3.8, 4) is 17.7 Å². The van der Waals surface area contributed by atoms with Crippen molar-refractivity contribution in [3.63, 3.8) is 0 Å². The fourth-order valence-corrected chi connectivity index (χ4v) is 1.20. The molecular formula is C14H11NO. The van der Waals surface area contributed by atoms with Gasteiger partial charge in [0.2, 0.25) is 5.88 Å². The summed E-state index contributed by atoms with van der Waals surface area (Å²) in [7, 11) is 0. The van der Waals surface area contributed by atoms with Gasteiger partial charge in [0.15, 0.2) is 6.61 Å². The zero-order chi connectivity index (χ0) is 11.1. The third kappa shape index (κ3) is 3.14. The van der Waals surface area contributed by atoms with Gasteiger partial charge in [-0.05, 0) is 18.2 Å². The lowest BCUT2D eigenvalue weighted by Crippen LogP contribution is -1.95. The van der Waals surface area contributed by atoms with Gasteiger partial charge in [0, 0.05) is 17.8 Å². The maximum atomic E-state index is 5.34. The Morgan fingerprint density at radius 2 is 1.81 bits per heavy atom. The van der Waals surface area contributed by atoms with Crippen LogP contribution in [0, 0.1) is 11.8 Å². The highest BCUT2D eigenvalue weighted by atomic mass is 16.5. The molecule has 1 aromatic heterocycles. The molecule has 0 saturated heterocycles. The molecule has 1 aromatic carbocycles. The monoisotopic (exact) mass is 209 g/mol. The number of ether oxygens (including phenoxy) is 1. The molecule has 0 atom stereocenters. The van der Waals surface area contributed by atoms with Crippen LogP contribution in [0.2, 0.25) is 0 Å². The predicted octanol–water partition coefficient (Wildman–Crippen LogP) is 2.51. The molecule has 0 N–H and O–H groups in total. The van der Waals surface area contributed by atoms with Crippen LogP contribution in [0.1, 0.15) is 5.56 Å². The third-order valence-corrected chi connectivity index (χ3v) is 1.94. The van der Waals surface area contributed by atoms with Crippen LogP contribution < -0.4 is 4.74 Å². The Bertz CT molecular complexity index is 482. The fraction of sp³-hybridized carbons (Fsp3) is 0.0714. The van der Waals surface area contributed by atoms with E-state index in [4.69, 9.17) is 4.74 Å². The standard InChI is InChI=1S/C14H11NO/c1-2-7-13(8-3-1)9-6-12-16-14-10-4-5-11-15-14/h1-5,7-8,10-11H,12H2. The van der Waals surface area contributed by atoms with Crippen LogP contribution in [0.4, 0.5) is 0 Å². The summed E-state index contributed by atoms with van der Waals surface area (Å²) in [4.78, 5) is 4.03. The summed E-state index contributed by atoms with van der Waals surface area (Å²) < 4.78 is 5.34. The maximum Gasteiger partial charge on any atom is 0.214 e. The molecule has 0 amide bonds. The average molecular weight is 209 g/mol. The number of aromatic nitrogens is 1. The first kappa shape index (κ1) is 10.3. The van der Waals surface area contributed by atoms with Gasteiger partial charge in [-0.3, -0.25) is 0 Å². The van der Waals surface area contributed by atoms with Crippen LogP contribution in [-0.4, -0.2) is 11.6 Å². The lowest BCUT2D eigenvalue weighted by molar-refractivity contribution is 0.355. The molecule has 0 aliphatic carbocycles. The molecule has 0 aliphatic heterocycles. The van der Waals surface area contributed by atoms with Gasteiger partial charge in [0.25, 0.3) is 0 Å². The van der Waals surface area contributed by atoms with E-state index in [1.54, 1.807) is 6.20 Å². The summed E-state index contributed by atoms with van der Waals surface area (Å²) in [5.41, 5.74) is 0.993. The molecule has 2 rings (SSSR count). The average Bonchev–Trinajstić information content (AvgIpc) is 2.37. The van der Waals surface area contributed by atoms with Gasteiger partial charge in [0.05, 0.1) is 0 Å².